The Kier molecular flexibility index (Phi) is 9.33. The Balaban J connectivity index is 1.36. The van der Waals surface area contributed by atoms with Crippen molar-refractivity contribution in [2.45, 2.75) is 45.2 Å². The number of rotatable bonds is 6. The van der Waals surface area contributed by atoms with E-state index in [1.54, 1.807) is 24.2 Å². The summed E-state index contributed by atoms with van der Waals surface area (Å²) in [5.74, 6) is -0.731. The zero-order valence-corrected chi connectivity index (χ0v) is 27.2. The van der Waals surface area contributed by atoms with Gasteiger partial charge in [0.25, 0.3) is 0 Å². The molecule has 4 N–H and O–H groups in total. The van der Waals surface area contributed by atoms with Crippen LogP contribution in [0.25, 0.3) is 10.8 Å². The van der Waals surface area contributed by atoms with Crippen LogP contribution in [0.3, 0.4) is 0 Å². The molecule has 3 aliphatic rings. The van der Waals surface area contributed by atoms with Gasteiger partial charge < -0.3 is 30.3 Å². The van der Waals surface area contributed by atoms with E-state index in [9.17, 15) is 14.4 Å². The Morgan fingerprint density at radius 3 is 2.73 bits per heavy atom. The minimum atomic E-state index is -0.808. The van der Waals surface area contributed by atoms with Crippen LogP contribution in [0.5, 0.6) is 5.75 Å². The van der Waals surface area contributed by atoms with Crippen LogP contribution in [0.2, 0.25) is 0 Å². The molecule has 4 bridgehead atoms. The lowest BCUT2D eigenvalue weighted by molar-refractivity contribution is -0.131. The molecule has 12 heteroatoms. The van der Waals surface area contributed by atoms with E-state index < -0.39 is 18.0 Å². The molecule has 1 aromatic heterocycles. The van der Waals surface area contributed by atoms with Crippen LogP contribution in [-0.4, -0.2) is 66.0 Å². The number of ether oxygens (including phenoxy) is 2. The highest BCUT2D eigenvalue weighted by molar-refractivity contribution is 5.94. The second-order valence-corrected chi connectivity index (χ2v) is 12.4. The van der Waals surface area contributed by atoms with Crippen molar-refractivity contribution in [2.24, 2.45) is 0 Å². The number of aryl methyl sites for hydroxylation is 1. The molecule has 0 saturated carbocycles. The number of carbonyl (C=O) groups is 3. The van der Waals surface area contributed by atoms with E-state index in [-0.39, 0.29) is 48.9 Å². The predicted molar refractivity (Wildman–Crippen MR) is 181 cm³/mol. The van der Waals surface area contributed by atoms with Crippen molar-refractivity contribution >= 4 is 45.9 Å². The summed E-state index contributed by atoms with van der Waals surface area (Å²) in [7, 11) is 1.63. The Labute approximate surface area is 278 Å². The number of fused-ring (bicyclic) bond motifs is 10. The summed E-state index contributed by atoms with van der Waals surface area (Å²) in [6.07, 6.45) is 2.18. The van der Waals surface area contributed by atoms with Crippen LogP contribution in [0.15, 0.2) is 60.8 Å². The maximum absolute atomic E-state index is 15.7. The molecule has 7 rings (SSSR count). The molecule has 3 aliphatic heterocycles. The summed E-state index contributed by atoms with van der Waals surface area (Å²) in [5.41, 5.74) is 9.91. The number of benzene rings is 3. The average molecular weight is 655 g/mol. The Bertz CT molecular complexity index is 1880. The van der Waals surface area contributed by atoms with Gasteiger partial charge in [-0.05, 0) is 65.8 Å². The van der Waals surface area contributed by atoms with E-state index in [2.05, 4.69) is 15.6 Å². The highest BCUT2D eigenvalue weighted by Crippen LogP contribution is 2.33. The quantitative estimate of drug-likeness (QED) is 0.239. The van der Waals surface area contributed by atoms with Gasteiger partial charge in [-0.25, -0.2) is 14.2 Å². The fourth-order valence-corrected chi connectivity index (χ4v) is 6.37. The Hall–Kier alpha value is -5.39. The number of nitrogens with zero attached hydrogens (tertiary/aromatic N) is 3. The van der Waals surface area contributed by atoms with Crippen molar-refractivity contribution in [3.05, 3.63) is 88.9 Å². The maximum Gasteiger partial charge on any atom is 0.411 e. The minimum Gasteiger partial charge on any atom is -0.488 e. The van der Waals surface area contributed by atoms with Crippen molar-refractivity contribution in [3.8, 4) is 5.75 Å². The van der Waals surface area contributed by atoms with Crippen molar-refractivity contribution in [3.63, 3.8) is 0 Å². The van der Waals surface area contributed by atoms with Gasteiger partial charge in [0.1, 0.15) is 18.5 Å². The second kappa shape index (κ2) is 13.8. The van der Waals surface area contributed by atoms with Crippen LogP contribution in [0, 0.1) is 12.7 Å². The van der Waals surface area contributed by atoms with E-state index >= 15 is 4.39 Å². The lowest BCUT2D eigenvalue weighted by Gasteiger charge is -2.28. The molecule has 0 aliphatic carbocycles. The van der Waals surface area contributed by atoms with Crippen LogP contribution >= 0.6 is 0 Å². The Morgan fingerprint density at radius 2 is 1.96 bits per heavy atom. The summed E-state index contributed by atoms with van der Waals surface area (Å²) in [5, 5.41) is 7.71. The number of aromatic nitrogens is 1. The van der Waals surface area contributed by atoms with E-state index in [4.69, 9.17) is 15.2 Å². The fraction of sp³-hybridized carbons (Fsp3) is 0.333. The van der Waals surface area contributed by atoms with Gasteiger partial charge in [-0.15, -0.1) is 0 Å². The molecule has 3 aromatic carbocycles. The number of anilines is 3. The van der Waals surface area contributed by atoms with Gasteiger partial charge in [-0.1, -0.05) is 25.1 Å². The lowest BCUT2D eigenvalue weighted by atomic mass is 9.93. The molecule has 0 spiro atoms. The average Bonchev–Trinajstić information content (AvgIpc) is 3.47. The number of nitrogen functional groups attached to an aromatic ring is 1. The number of carbonyl (C=O) groups excluding carboxylic acids is 3. The summed E-state index contributed by atoms with van der Waals surface area (Å²) < 4.78 is 27.1. The number of nitrogens with two attached hydrogens (primary N) is 1. The zero-order valence-electron chi connectivity index (χ0n) is 27.2. The fourth-order valence-electron chi connectivity index (χ4n) is 6.37. The van der Waals surface area contributed by atoms with Crippen LogP contribution in [-0.2, 0) is 20.9 Å². The molecule has 2 atom stereocenters. The molecule has 11 nitrogen and oxygen atoms in total. The number of amides is 3. The van der Waals surface area contributed by atoms with Gasteiger partial charge in [-0.3, -0.25) is 14.9 Å². The first-order valence-electron chi connectivity index (χ1n) is 16.0. The summed E-state index contributed by atoms with van der Waals surface area (Å²) in [6.45, 7) is 4.98. The van der Waals surface area contributed by atoms with Gasteiger partial charge >= 0.3 is 6.09 Å². The van der Waals surface area contributed by atoms with Crippen LogP contribution < -0.4 is 21.1 Å². The van der Waals surface area contributed by atoms with E-state index in [0.29, 0.717) is 36.6 Å². The first-order valence-corrected chi connectivity index (χ1v) is 16.0. The highest BCUT2D eigenvalue weighted by atomic mass is 19.1. The summed E-state index contributed by atoms with van der Waals surface area (Å²) in [6, 6.07) is 15.2. The number of likely N-dealkylation sites (tertiary alicyclic amines) is 1. The maximum atomic E-state index is 15.7. The van der Waals surface area contributed by atoms with Crippen molar-refractivity contribution < 1.29 is 28.2 Å². The topological polar surface area (TPSA) is 139 Å². The highest BCUT2D eigenvalue weighted by Gasteiger charge is 2.28. The number of hydrogen-bond donors (Lipinski definition) is 3. The zero-order chi connectivity index (χ0) is 33.9. The molecular weight excluding hydrogens is 615 g/mol. The van der Waals surface area contributed by atoms with Crippen molar-refractivity contribution in [1.82, 2.24) is 14.8 Å². The number of halogens is 1. The standard InChI is InChI=1S/C36H39FN6O5/c1-21-15-24-6-8-28(21)22(2)20-48-36(46)41-27-17-25(33(30(37)18-27)47-14-13-43-12-4-5-31(43)44)19-42(3)35(45)32(24)40-26-7-9-29-23(16-26)10-11-39-34(29)38/h6-11,15-18,22,32,40H,4-5,12-14,19-20H2,1-3H3,(H2,38,39)(H,41,46)/t22-,32+/m0/s1. The van der Waals surface area contributed by atoms with Crippen molar-refractivity contribution in [1.29, 1.82) is 0 Å². The number of hydrogen-bond acceptors (Lipinski definition) is 8. The molecule has 4 heterocycles. The molecular formula is C36H39FN6O5. The molecule has 0 radical (unpaired) electrons. The number of likely N-dealkylation sites (N-methyl/N-ethyl adjacent to an activating group) is 1. The molecule has 1 fully saturated rings. The molecule has 4 aromatic rings. The third-order valence-electron chi connectivity index (χ3n) is 8.91. The smallest absolute Gasteiger partial charge is 0.411 e. The molecule has 48 heavy (non-hydrogen) atoms. The number of nitrogens with one attached hydrogen (secondary N) is 2. The molecule has 250 valence electrons. The van der Waals surface area contributed by atoms with Crippen molar-refractivity contribution in [2.75, 3.05) is 49.7 Å². The third-order valence-corrected chi connectivity index (χ3v) is 8.91. The SMILES string of the molecule is Cc1cc2ccc1[C@@H](C)COC(=O)Nc1cc(F)c(OCCN3CCCC3=O)c(c1)CN(C)C(=O)[C@@H]2Nc1ccc2c(N)nccc2c1. The number of pyridine rings is 1. The first kappa shape index (κ1) is 32.5. The Morgan fingerprint density at radius 1 is 1.12 bits per heavy atom. The second-order valence-electron chi connectivity index (χ2n) is 12.4. The van der Waals surface area contributed by atoms with Gasteiger partial charge in [-0.2, -0.15) is 0 Å². The largest absolute Gasteiger partial charge is 0.488 e. The van der Waals surface area contributed by atoms with E-state index in [1.165, 1.54) is 4.90 Å². The lowest BCUT2D eigenvalue weighted by Crippen LogP contribution is -2.35. The first-order chi connectivity index (χ1) is 23.1. The van der Waals surface area contributed by atoms with E-state index in [1.807, 2.05) is 56.3 Å². The van der Waals surface area contributed by atoms with Gasteiger partial charge in [0, 0.05) is 67.1 Å². The van der Waals surface area contributed by atoms with Gasteiger partial charge in [0.05, 0.1) is 13.2 Å². The summed E-state index contributed by atoms with van der Waals surface area (Å²) in [4.78, 5) is 46.5. The predicted octanol–water partition coefficient (Wildman–Crippen LogP) is 5.74. The third kappa shape index (κ3) is 6.97. The van der Waals surface area contributed by atoms with Crippen LogP contribution in [0.1, 0.15) is 54.0 Å². The molecule has 1 saturated heterocycles. The monoisotopic (exact) mass is 654 g/mol. The molecule has 0 unspecified atom stereocenters. The van der Waals surface area contributed by atoms with E-state index in [0.717, 1.165) is 39.9 Å². The van der Waals surface area contributed by atoms with Gasteiger partial charge in [0.15, 0.2) is 11.6 Å². The summed E-state index contributed by atoms with van der Waals surface area (Å²) >= 11 is 0. The minimum absolute atomic E-state index is 0.0372. The van der Waals surface area contributed by atoms with Gasteiger partial charge in [0.2, 0.25) is 11.8 Å². The van der Waals surface area contributed by atoms with Crippen LogP contribution in [0.4, 0.5) is 26.4 Å². The molecule has 3 amide bonds. The normalized spacial score (nSPS) is 18.6.